The molecule has 1 N–H and O–H groups in total. The van der Waals surface area contributed by atoms with Gasteiger partial charge in [0, 0.05) is 43.5 Å². The minimum absolute atomic E-state index is 0.0181. The number of hydrogen-bond donors (Lipinski definition) is 1. The molecule has 1 aromatic carbocycles. The number of nitrogens with one attached hydrogen (secondary N) is 1. The van der Waals surface area contributed by atoms with Crippen LogP contribution < -0.4 is 4.72 Å². The fourth-order valence-electron chi connectivity index (χ4n) is 6.81. The van der Waals surface area contributed by atoms with Gasteiger partial charge in [0.2, 0.25) is 10.0 Å². The Hall–Kier alpha value is -2.89. The molecule has 0 radical (unpaired) electrons. The fraction of sp³-hybridized carbons (Fsp3) is 0.594. The number of rotatable bonds is 10. The van der Waals surface area contributed by atoms with Crippen LogP contribution in [0.2, 0.25) is 0 Å². The highest BCUT2D eigenvalue weighted by Gasteiger charge is 2.31. The van der Waals surface area contributed by atoms with Crippen LogP contribution in [-0.2, 0) is 10.0 Å². The summed E-state index contributed by atoms with van der Waals surface area (Å²) < 4.78 is 43.3. The number of benzene rings is 1. The molecule has 11 heteroatoms. The SMILES string of the molecule is CCN(C(=O)c1cc(F)ccc1-c1cc(C2CCN(CC3CCC(NS(=O)(=O)CC)CC3)C2)cn2c(C)nnc12)C(C)C. The highest BCUT2D eigenvalue weighted by molar-refractivity contribution is 7.89. The van der Waals surface area contributed by atoms with E-state index in [0.717, 1.165) is 68.7 Å². The summed E-state index contributed by atoms with van der Waals surface area (Å²) in [5, 5.41) is 8.79. The Bertz CT molecular complexity index is 1560. The lowest BCUT2D eigenvalue weighted by Crippen LogP contribution is -2.40. The van der Waals surface area contributed by atoms with Crippen LogP contribution in [0.3, 0.4) is 0 Å². The number of amides is 1. The van der Waals surface area contributed by atoms with Crippen molar-refractivity contribution in [2.24, 2.45) is 5.92 Å². The number of aryl methyl sites for hydroxylation is 1. The standard InChI is InChI=1S/C32H45FN6O3S/c1-6-38(21(3)4)32(40)30-17-26(33)10-13-28(30)29-16-25(20-39-22(5)34-35-31(29)39)24-14-15-37(19-24)18-23-8-11-27(12-9-23)36-43(41,42)7-2/h10,13,16-17,20-21,23-24,27,36H,6-9,11-12,14-15,18-19H2,1-5H3. The Balaban J connectivity index is 1.37. The van der Waals surface area contributed by atoms with E-state index >= 15 is 0 Å². The zero-order valence-corrected chi connectivity index (χ0v) is 26.8. The van der Waals surface area contributed by atoms with Crippen LogP contribution >= 0.6 is 0 Å². The molecule has 1 aliphatic carbocycles. The normalized spacial score (nSPS) is 21.6. The second kappa shape index (κ2) is 13.0. The minimum atomic E-state index is -3.17. The molecular formula is C32H45FN6O3S. The van der Waals surface area contributed by atoms with Crippen molar-refractivity contribution in [1.82, 2.24) is 29.1 Å². The second-order valence-electron chi connectivity index (χ2n) is 12.5. The van der Waals surface area contributed by atoms with Gasteiger partial charge in [-0.3, -0.25) is 9.20 Å². The van der Waals surface area contributed by atoms with Crippen molar-refractivity contribution in [1.29, 1.82) is 0 Å². The number of aromatic nitrogens is 3. The smallest absolute Gasteiger partial charge is 0.254 e. The number of hydrogen-bond acceptors (Lipinski definition) is 6. The largest absolute Gasteiger partial charge is 0.336 e. The van der Waals surface area contributed by atoms with E-state index in [2.05, 4.69) is 32.1 Å². The van der Waals surface area contributed by atoms with Crippen molar-refractivity contribution in [2.45, 2.75) is 84.7 Å². The maximum absolute atomic E-state index is 14.5. The van der Waals surface area contributed by atoms with Crippen LogP contribution in [0.25, 0.3) is 16.8 Å². The highest BCUT2D eigenvalue weighted by atomic mass is 32.2. The third-order valence-electron chi connectivity index (χ3n) is 9.26. The minimum Gasteiger partial charge on any atom is -0.336 e. The lowest BCUT2D eigenvalue weighted by atomic mass is 9.86. The average molecular weight is 613 g/mol. The van der Waals surface area contributed by atoms with Gasteiger partial charge in [-0.2, -0.15) is 0 Å². The first kappa shape index (κ1) is 31.5. The van der Waals surface area contributed by atoms with Crippen molar-refractivity contribution in [3.63, 3.8) is 0 Å². The first-order chi connectivity index (χ1) is 20.5. The summed E-state index contributed by atoms with van der Waals surface area (Å²) in [6.45, 7) is 12.9. The van der Waals surface area contributed by atoms with Crippen molar-refractivity contribution in [3.05, 3.63) is 53.2 Å². The molecule has 3 aromatic rings. The molecule has 2 aromatic heterocycles. The number of carbonyl (C=O) groups excluding carboxylic acids is 1. The first-order valence-electron chi connectivity index (χ1n) is 15.7. The van der Waals surface area contributed by atoms with E-state index in [-0.39, 0.29) is 23.7 Å². The molecule has 3 heterocycles. The third-order valence-corrected chi connectivity index (χ3v) is 10.7. The summed E-state index contributed by atoms with van der Waals surface area (Å²) >= 11 is 0. The number of nitrogens with zero attached hydrogens (tertiary/aromatic N) is 5. The number of carbonyl (C=O) groups is 1. The third kappa shape index (κ3) is 6.94. The van der Waals surface area contributed by atoms with Crippen LogP contribution in [-0.4, -0.2) is 82.7 Å². The van der Waals surface area contributed by atoms with Gasteiger partial charge in [0.05, 0.1) is 11.3 Å². The number of fused-ring (bicyclic) bond motifs is 1. The molecule has 1 atom stereocenters. The molecule has 1 unspecified atom stereocenters. The maximum Gasteiger partial charge on any atom is 0.254 e. The highest BCUT2D eigenvalue weighted by Crippen LogP contribution is 2.36. The monoisotopic (exact) mass is 612 g/mol. The van der Waals surface area contributed by atoms with Crippen LogP contribution in [0, 0.1) is 18.7 Å². The summed E-state index contributed by atoms with van der Waals surface area (Å²) in [4.78, 5) is 17.9. The molecule has 0 spiro atoms. The fourth-order valence-corrected chi connectivity index (χ4v) is 7.72. The molecule has 43 heavy (non-hydrogen) atoms. The molecule has 0 bridgehead atoms. The molecule has 2 fully saturated rings. The lowest BCUT2D eigenvalue weighted by molar-refractivity contribution is 0.0717. The van der Waals surface area contributed by atoms with Crippen molar-refractivity contribution in [2.75, 3.05) is 31.9 Å². The molecule has 5 rings (SSSR count). The van der Waals surface area contributed by atoms with Gasteiger partial charge in [-0.1, -0.05) is 6.07 Å². The van der Waals surface area contributed by atoms with Crippen LogP contribution in [0.5, 0.6) is 0 Å². The molecular weight excluding hydrogens is 567 g/mol. The molecule has 1 amide bonds. The van der Waals surface area contributed by atoms with E-state index in [1.807, 2.05) is 32.1 Å². The topological polar surface area (TPSA) is 99.9 Å². The number of likely N-dealkylation sites (tertiary alicyclic amines) is 1. The van der Waals surface area contributed by atoms with Gasteiger partial charge in [0.25, 0.3) is 5.91 Å². The Morgan fingerprint density at radius 3 is 2.51 bits per heavy atom. The predicted molar refractivity (Wildman–Crippen MR) is 167 cm³/mol. The second-order valence-corrected chi connectivity index (χ2v) is 14.5. The number of pyridine rings is 1. The van der Waals surface area contributed by atoms with Gasteiger partial charge in [-0.25, -0.2) is 17.5 Å². The van der Waals surface area contributed by atoms with E-state index in [4.69, 9.17) is 0 Å². The number of halogens is 1. The molecule has 1 aliphatic heterocycles. The molecule has 1 saturated carbocycles. The zero-order valence-electron chi connectivity index (χ0n) is 26.0. The van der Waals surface area contributed by atoms with E-state index in [0.29, 0.717) is 35.2 Å². The van der Waals surface area contributed by atoms with Crippen LogP contribution in [0.15, 0.2) is 30.5 Å². The van der Waals surface area contributed by atoms with Gasteiger partial charge < -0.3 is 9.80 Å². The van der Waals surface area contributed by atoms with E-state index < -0.39 is 15.8 Å². The first-order valence-corrected chi connectivity index (χ1v) is 17.3. The van der Waals surface area contributed by atoms with Gasteiger partial charge in [-0.15, -0.1) is 10.2 Å². The average Bonchev–Trinajstić information content (AvgIpc) is 3.60. The Morgan fingerprint density at radius 2 is 1.84 bits per heavy atom. The molecule has 234 valence electrons. The van der Waals surface area contributed by atoms with Crippen molar-refractivity contribution in [3.8, 4) is 11.1 Å². The summed E-state index contributed by atoms with van der Waals surface area (Å²) in [6.07, 6.45) is 6.97. The van der Waals surface area contributed by atoms with Gasteiger partial charge in [0.15, 0.2) is 5.65 Å². The maximum atomic E-state index is 14.5. The predicted octanol–water partition coefficient (Wildman–Crippen LogP) is 5.00. The van der Waals surface area contributed by atoms with Crippen molar-refractivity contribution < 1.29 is 17.6 Å². The summed E-state index contributed by atoms with van der Waals surface area (Å²) in [5.74, 6) is 1.11. The van der Waals surface area contributed by atoms with Crippen molar-refractivity contribution >= 4 is 21.6 Å². The Kier molecular flexibility index (Phi) is 9.53. The molecule has 9 nitrogen and oxygen atoms in total. The van der Waals surface area contributed by atoms with Gasteiger partial charge in [-0.05, 0) is 114 Å². The van der Waals surface area contributed by atoms with Crippen LogP contribution in [0.4, 0.5) is 4.39 Å². The van der Waals surface area contributed by atoms with E-state index in [1.54, 1.807) is 17.9 Å². The Labute approximate surface area is 254 Å². The van der Waals surface area contributed by atoms with Gasteiger partial charge >= 0.3 is 0 Å². The lowest BCUT2D eigenvalue weighted by Gasteiger charge is -2.31. The summed E-state index contributed by atoms with van der Waals surface area (Å²) in [5.41, 5.74) is 3.59. The summed E-state index contributed by atoms with van der Waals surface area (Å²) in [7, 11) is -3.17. The van der Waals surface area contributed by atoms with Gasteiger partial charge in [0.1, 0.15) is 11.6 Å². The molecule has 2 aliphatic rings. The van der Waals surface area contributed by atoms with Crippen LogP contribution in [0.1, 0.15) is 87.5 Å². The summed E-state index contributed by atoms with van der Waals surface area (Å²) in [6, 6.07) is 6.60. The zero-order chi connectivity index (χ0) is 30.9. The number of sulfonamides is 1. The quantitative estimate of drug-likeness (QED) is 0.346. The Morgan fingerprint density at radius 1 is 1.09 bits per heavy atom. The van der Waals surface area contributed by atoms with E-state index in [9.17, 15) is 17.6 Å². The molecule has 1 saturated heterocycles. The van der Waals surface area contributed by atoms with E-state index in [1.165, 1.54) is 12.1 Å².